The van der Waals surface area contributed by atoms with Gasteiger partial charge in [0.2, 0.25) is 0 Å². The summed E-state index contributed by atoms with van der Waals surface area (Å²) in [5.74, 6) is 3.98. The Balaban J connectivity index is 2.06. The van der Waals surface area contributed by atoms with E-state index in [1.165, 1.54) is 19.3 Å². The Bertz CT molecular complexity index is 115. The van der Waals surface area contributed by atoms with Gasteiger partial charge in [0.25, 0.3) is 0 Å². The normalized spacial score (nSPS) is 32.5. The van der Waals surface area contributed by atoms with Crippen LogP contribution in [0.1, 0.15) is 47.0 Å². The van der Waals surface area contributed by atoms with Crippen molar-refractivity contribution in [3.63, 3.8) is 0 Å². The van der Waals surface area contributed by atoms with Crippen LogP contribution < -0.4 is 0 Å². The molecule has 1 saturated carbocycles. The van der Waals surface area contributed by atoms with Crippen molar-refractivity contribution in [1.29, 1.82) is 0 Å². The van der Waals surface area contributed by atoms with Crippen LogP contribution in [0.4, 0.5) is 0 Å². The van der Waals surface area contributed by atoms with Gasteiger partial charge in [0, 0.05) is 0 Å². The summed E-state index contributed by atoms with van der Waals surface area (Å²) in [6.45, 7) is 9.44. The summed E-state index contributed by atoms with van der Waals surface area (Å²) in [5.41, 5.74) is 0. The molecule has 0 amide bonds. The van der Waals surface area contributed by atoms with Crippen molar-refractivity contribution < 1.29 is 0 Å². The standard InChI is InChI=1S/C11H22/c1-8(2)5-9(3)6-11-7-10(11)4/h8-11H,5-7H2,1-4H3. The SMILES string of the molecule is CC(C)CC(C)CC1CC1C. The van der Waals surface area contributed by atoms with E-state index in [4.69, 9.17) is 0 Å². The Labute approximate surface area is 71.4 Å². The third-order valence-electron chi connectivity index (χ3n) is 2.86. The fourth-order valence-corrected chi connectivity index (χ4v) is 2.15. The van der Waals surface area contributed by atoms with E-state index < -0.39 is 0 Å². The largest absolute Gasteiger partial charge is 0.0628 e. The summed E-state index contributed by atoms with van der Waals surface area (Å²) in [6, 6.07) is 0. The number of rotatable bonds is 4. The molecule has 0 spiro atoms. The van der Waals surface area contributed by atoms with Crippen LogP contribution in [0.3, 0.4) is 0 Å². The van der Waals surface area contributed by atoms with Crippen LogP contribution in [-0.2, 0) is 0 Å². The predicted octanol–water partition coefficient (Wildman–Crippen LogP) is 3.71. The molecule has 1 aliphatic rings. The monoisotopic (exact) mass is 154 g/mol. The molecule has 0 aromatic rings. The molecule has 0 nitrogen and oxygen atoms in total. The van der Waals surface area contributed by atoms with E-state index in [-0.39, 0.29) is 0 Å². The fourth-order valence-electron chi connectivity index (χ4n) is 2.15. The lowest BCUT2D eigenvalue weighted by molar-refractivity contribution is 0.391. The molecular weight excluding hydrogens is 132 g/mol. The molecule has 1 aliphatic carbocycles. The minimum absolute atomic E-state index is 0.888. The van der Waals surface area contributed by atoms with E-state index in [2.05, 4.69) is 27.7 Å². The molecule has 0 aliphatic heterocycles. The third-order valence-corrected chi connectivity index (χ3v) is 2.86. The minimum atomic E-state index is 0.888. The van der Waals surface area contributed by atoms with Crippen LogP contribution in [0.15, 0.2) is 0 Å². The lowest BCUT2D eigenvalue weighted by atomic mass is 9.94. The van der Waals surface area contributed by atoms with Crippen LogP contribution in [0.2, 0.25) is 0 Å². The molecule has 1 rings (SSSR count). The highest BCUT2D eigenvalue weighted by atomic mass is 14.4. The molecule has 0 heterocycles. The molecule has 66 valence electrons. The quantitative estimate of drug-likeness (QED) is 0.579. The molecule has 0 heteroatoms. The second kappa shape index (κ2) is 3.60. The zero-order valence-electron chi connectivity index (χ0n) is 8.43. The summed E-state index contributed by atoms with van der Waals surface area (Å²) in [4.78, 5) is 0. The van der Waals surface area contributed by atoms with Crippen molar-refractivity contribution in [2.24, 2.45) is 23.7 Å². The zero-order chi connectivity index (χ0) is 8.43. The van der Waals surface area contributed by atoms with Crippen molar-refractivity contribution in [3.05, 3.63) is 0 Å². The van der Waals surface area contributed by atoms with E-state index in [0.29, 0.717) is 0 Å². The summed E-state index contributed by atoms with van der Waals surface area (Å²) >= 11 is 0. The molecule has 0 N–H and O–H groups in total. The van der Waals surface area contributed by atoms with Crippen molar-refractivity contribution in [2.45, 2.75) is 47.0 Å². The van der Waals surface area contributed by atoms with Gasteiger partial charge in [-0.15, -0.1) is 0 Å². The minimum Gasteiger partial charge on any atom is -0.0628 e. The van der Waals surface area contributed by atoms with Crippen LogP contribution >= 0.6 is 0 Å². The molecule has 0 radical (unpaired) electrons. The molecule has 0 saturated heterocycles. The van der Waals surface area contributed by atoms with Crippen LogP contribution in [0, 0.1) is 23.7 Å². The lowest BCUT2D eigenvalue weighted by Crippen LogP contribution is -2.01. The van der Waals surface area contributed by atoms with E-state index in [1.807, 2.05) is 0 Å². The lowest BCUT2D eigenvalue weighted by Gasteiger charge is -2.12. The topological polar surface area (TPSA) is 0 Å². The number of hydrogen-bond donors (Lipinski definition) is 0. The Morgan fingerprint density at radius 1 is 1.27 bits per heavy atom. The predicted molar refractivity (Wildman–Crippen MR) is 50.5 cm³/mol. The van der Waals surface area contributed by atoms with Crippen molar-refractivity contribution in [2.75, 3.05) is 0 Å². The maximum absolute atomic E-state index is 2.41. The maximum Gasteiger partial charge on any atom is -0.0383 e. The maximum atomic E-state index is 2.41. The van der Waals surface area contributed by atoms with Crippen LogP contribution in [-0.4, -0.2) is 0 Å². The van der Waals surface area contributed by atoms with Gasteiger partial charge in [0.05, 0.1) is 0 Å². The smallest absolute Gasteiger partial charge is 0.0383 e. The van der Waals surface area contributed by atoms with Gasteiger partial charge in [-0.2, -0.15) is 0 Å². The van der Waals surface area contributed by atoms with Gasteiger partial charge in [-0.3, -0.25) is 0 Å². The highest BCUT2D eigenvalue weighted by Gasteiger charge is 2.33. The van der Waals surface area contributed by atoms with Gasteiger partial charge in [0.15, 0.2) is 0 Å². The van der Waals surface area contributed by atoms with E-state index in [0.717, 1.165) is 23.7 Å². The summed E-state index contributed by atoms with van der Waals surface area (Å²) in [5, 5.41) is 0. The summed E-state index contributed by atoms with van der Waals surface area (Å²) in [7, 11) is 0. The molecule has 3 atom stereocenters. The highest BCUT2D eigenvalue weighted by molar-refractivity contribution is 4.83. The molecule has 0 bridgehead atoms. The van der Waals surface area contributed by atoms with Gasteiger partial charge in [-0.05, 0) is 42.9 Å². The van der Waals surface area contributed by atoms with Gasteiger partial charge in [-0.1, -0.05) is 27.7 Å². The fraction of sp³-hybridized carbons (Fsp3) is 1.00. The first-order valence-corrected chi connectivity index (χ1v) is 5.09. The molecule has 11 heavy (non-hydrogen) atoms. The molecule has 3 unspecified atom stereocenters. The van der Waals surface area contributed by atoms with Crippen molar-refractivity contribution in [3.8, 4) is 0 Å². The van der Waals surface area contributed by atoms with Crippen molar-refractivity contribution >= 4 is 0 Å². The second-order valence-corrected chi connectivity index (χ2v) is 4.94. The second-order valence-electron chi connectivity index (χ2n) is 4.94. The van der Waals surface area contributed by atoms with Gasteiger partial charge in [-0.25, -0.2) is 0 Å². The van der Waals surface area contributed by atoms with Gasteiger partial charge < -0.3 is 0 Å². The van der Waals surface area contributed by atoms with Crippen LogP contribution in [0.25, 0.3) is 0 Å². The zero-order valence-corrected chi connectivity index (χ0v) is 8.43. The van der Waals surface area contributed by atoms with E-state index in [1.54, 1.807) is 0 Å². The first kappa shape index (κ1) is 9.09. The Hall–Kier alpha value is 0. The average Bonchev–Trinajstić information content (AvgIpc) is 2.43. The van der Waals surface area contributed by atoms with Gasteiger partial charge >= 0.3 is 0 Å². The molecular formula is C11H22. The Morgan fingerprint density at radius 3 is 2.18 bits per heavy atom. The first-order valence-electron chi connectivity index (χ1n) is 5.09. The highest BCUT2D eigenvalue weighted by Crippen LogP contribution is 2.43. The average molecular weight is 154 g/mol. The molecule has 1 fully saturated rings. The first-order chi connectivity index (χ1) is 5.09. The Morgan fingerprint density at radius 2 is 1.82 bits per heavy atom. The summed E-state index contributed by atoms with van der Waals surface area (Å²) in [6.07, 6.45) is 4.41. The third kappa shape index (κ3) is 3.27. The van der Waals surface area contributed by atoms with E-state index >= 15 is 0 Å². The molecule has 0 aromatic heterocycles. The van der Waals surface area contributed by atoms with Gasteiger partial charge in [0.1, 0.15) is 0 Å². The summed E-state index contributed by atoms with van der Waals surface area (Å²) < 4.78 is 0. The van der Waals surface area contributed by atoms with Crippen LogP contribution in [0.5, 0.6) is 0 Å². The van der Waals surface area contributed by atoms with Crippen molar-refractivity contribution in [1.82, 2.24) is 0 Å². The number of hydrogen-bond acceptors (Lipinski definition) is 0. The molecule has 0 aromatic carbocycles. The van der Waals surface area contributed by atoms with E-state index in [9.17, 15) is 0 Å². The Kier molecular flexibility index (Phi) is 2.98.